The van der Waals surface area contributed by atoms with Gasteiger partial charge in [0.2, 0.25) is 5.91 Å². The Kier molecular flexibility index (Phi) is 5.80. The summed E-state index contributed by atoms with van der Waals surface area (Å²) in [5, 5.41) is 5.45. The number of primary amides is 1. The molecule has 0 saturated carbocycles. The zero-order valence-electron chi connectivity index (χ0n) is 15.2. The van der Waals surface area contributed by atoms with Gasteiger partial charge in [-0.25, -0.2) is 9.59 Å². The largest absolute Gasteiger partial charge is 0.467 e. The molecule has 4 N–H and O–H groups in total. The number of likely N-dealkylation sites (tertiary alicyclic amines) is 1. The van der Waals surface area contributed by atoms with Crippen LogP contribution in [0.4, 0.5) is 4.79 Å². The standard InChI is InChI=1S/C18H24N4O5/c1-2-26-17(24)14-12(10-22-7-5-11(6-8-22)16(19)23)20-18(25)21-15(14)13-4-3-9-27-13/h3-4,9,11,15H,2,5-8,10H2,1H3,(H2,19,23)(H2,20,21,25). The van der Waals surface area contributed by atoms with Gasteiger partial charge in [-0.15, -0.1) is 0 Å². The minimum Gasteiger partial charge on any atom is -0.467 e. The molecular weight excluding hydrogens is 352 g/mol. The van der Waals surface area contributed by atoms with Crippen LogP contribution in [0.25, 0.3) is 0 Å². The van der Waals surface area contributed by atoms with E-state index in [1.54, 1.807) is 19.1 Å². The van der Waals surface area contributed by atoms with E-state index in [1.807, 2.05) is 0 Å². The fourth-order valence-electron chi connectivity index (χ4n) is 3.46. The molecule has 1 aromatic rings. The van der Waals surface area contributed by atoms with Crippen molar-refractivity contribution in [2.24, 2.45) is 11.7 Å². The topological polar surface area (TPSA) is 127 Å². The summed E-state index contributed by atoms with van der Waals surface area (Å²) in [6.45, 7) is 3.62. The average Bonchev–Trinajstić information content (AvgIpc) is 3.16. The van der Waals surface area contributed by atoms with Crippen LogP contribution in [0.15, 0.2) is 34.1 Å². The normalized spacial score (nSPS) is 21.5. The van der Waals surface area contributed by atoms with E-state index >= 15 is 0 Å². The third-order valence-electron chi connectivity index (χ3n) is 4.85. The van der Waals surface area contributed by atoms with E-state index in [2.05, 4.69) is 15.5 Å². The summed E-state index contributed by atoms with van der Waals surface area (Å²) in [5.74, 6) is -0.460. The minimum absolute atomic E-state index is 0.127. The number of hydrogen-bond donors (Lipinski definition) is 3. The van der Waals surface area contributed by atoms with Gasteiger partial charge in [-0.1, -0.05) is 0 Å². The van der Waals surface area contributed by atoms with Gasteiger partial charge in [0.05, 0.1) is 18.4 Å². The smallest absolute Gasteiger partial charge is 0.338 e. The predicted molar refractivity (Wildman–Crippen MR) is 95.1 cm³/mol. The number of ether oxygens (including phenoxy) is 1. The van der Waals surface area contributed by atoms with Crippen LogP contribution >= 0.6 is 0 Å². The Hall–Kier alpha value is -2.81. The van der Waals surface area contributed by atoms with Crippen LogP contribution in [0.5, 0.6) is 0 Å². The van der Waals surface area contributed by atoms with E-state index in [-0.39, 0.29) is 18.4 Å². The maximum Gasteiger partial charge on any atom is 0.338 e. The first kappa shape index (κ1) is 19.0. The summed E-state index contributed by atoms with van der Waals surface area (Å²) >= 11 is 0. The second kappa shape index (κ2) is 8.26. The molecule has 1 saturated heterocycles. The number of nitrogens with two attached hydrogens (primary N) is 1. The van der Waals surface area contributed by atoms with Crippen molar-refractivity contribution in [3.8, 4) is 0 Å². The van der Waals surface area contributed by atoms with Crippen molar-refractivity contribution < 1.29 is 23.5 Å². The highest BCUT2D eigenvalue weighted by Gasteiger charge is 2.36. The van der Waals surface area contributed by atoms with Gasteiger partial charge in [0, 0.05) is 18.2 Å². The molecular formula is C18H24N4O5. The first-order valence-corrected chi connectivity index (χ1v) is 9.02. The highest BCUT2D eigenvalue weighted by molar-refractivity contribution is 5.95. The lowest BCUT2D eigenvalue weighted by Crippen LogP contribution is -2.49. The van der Waals surface area contributed by atoms with Crippen molar-refractivity contribution in [2.45, 2.75) is 25.8 Å². The Morgan fingerprint density at radius 3 is 2.70 bits per heavy atom. The van der Waals surface area contributed by atoms with Crippen LogP contribution in [-0.2, 0) is 14.3 Å². The number of hydrogen-bond acceptors (Lipinski definition) is 6. The molecule has 0 aliphatic carbocycles. The van der Waals surface area contributed by atoms with Crippen LogP contribution in [-0.4, -0.2) is 49.0 Å². The van der Waals surface area contributed by atoms with E-state index in [4.69, 9.17) is 14.9 Å². The van der Waals surface area contributed by atoms with Crippen molar-refractivity contribution in [2.75, 3.05) is 26.2 Å². The van der Waals surface area contributed by atoms with E-state index < -0.39 is 18.0 Å². The number of amides is 3. The molecule has 2 aliphatic rings. The molecule has 146 valence electrons. The third kappa shape index (κ3) is 4.30. The van der Waals surface area contributed by atoms with Crippen LogP contribution in [0, 0.1) is 5.92 Å². The molecule has 1 aromatic heterocycles. The molecule has 1 unspecified atom stereocenters. The van der Waals surface area contributed by atoms with Crippen molar-refractivity contribution in [3.63, 3.8) is 0 Å². The van der Waals surface area contributed by atoms with Crippen LogP contribution in [0.1, 0.15) is 31.6 Å². The second-order valence-corrected chi connectivity index (χ2v) is 6.61. The lowest BCUT2D eigenvalue weighted by atomic mass is 9.95. The lowest BCUT2D eigenvalue weighted by molar-refractivity contribution is -0.139. The molecule has 1 fully saturated rings. The second-order valence-electron chi connectivity index (χ2n) is 6.61. The van der Waals surface area contributed by atoms with Crippen molar-refractivity contribution in [3.05, 3.63) is 35.4 Å². The molecule has 3 amide bonds. The molecule has 0 radical (unpaired) electrons. The van der Waals surface area contributed by atoms with Gasteiger partial charge < -0.3 is 25.5 Å². The highest BCUT2D eigenvalue weighted by atomic mass is 16.5. The monoisotopic (exact) mass is 376 g/mol. The summed E-state index contributed by atoms with van der Waals surface area (Å²) < 4.78 is 10.6. The number of nitrogens with one attached hydrogen (secondary N) is 2. The predicted octanol–water partition coefficient (Wildman–Crippen LogP) is 0.648. The van der Waals surface area contributed by atoms with Gasteiger partial charge in [-0.2, -0.15) is 0 Å². The van der Waals surface area contributed by atoms with E-state index in [0.29, 0.717) is 49.5 Å². The van der Waals surface area contributed by atoms with E-state index in [0.717, 1.165) is 0 Å². The molecule has 3 heterocycles. The Morgan fingerprint density at radius 1 is 1.37 bits per heavy atom. The number of urea groups is 1. The first-order chi connectivity index (χ1) is 13.0. The average molecular weight is 376 g/mol. The minimum atomic E-state index is -0.717. The fourth-order valence-corrected chi connectivity index (χ4v) is 3.46. The number of piperidine rings is 1. The van der Waals surface area contributed by atoms with Gasteiger partial charge in [-0.3, -0.25) is 9.69 Å². The zero-order valence-corrected chi connectivity index (χ0v) is 15.2. The summed E-state index contributed by atoms with van der Waals surface area (Å²) in [7, 11) is 0. The molecule has 9 heteroatoms. The fraction of sp³-hybridized carbons (Fsp3) is 0.500. The van der Waals surface area contributed by atoms with Crippen LogP contribution in [0.2, 0.25) is 0 Å². The van der Waals surface area contributed by atoms with Crippen LogP contribution in [0.3, 0.4) is 0 Å². The van der Waals surface area contributed by atoms with Crippen LogP contribution < -0.4 is 16.4 Å². The van der Waals surface area contributed by atoms with E-state index in [9.17, 15) is 14.4 Å². The Labute approximate surface area is 156 Å². The number of furan rings is 1. The summed E-state index contributed by atoms with van der Waals surface area (Å²) in [6.07, 6.45) is 2.80. The number of carbonyl (C=O) groups excluding carboxylic acids is 3. The van der Waals surface area contributed by atoms with Gasteiger partial charge in [0.25, 0.3) is 0 Å². The quantitative estimate of drug-likeness (QED) is 0.626. The summed E-state index contributed by atoms with van der Waals surface area (Å²) in [4.78, 5) is 38.2. The molecule has 27 heavy (non-hydrogen) atoms. The maximum absolute atomic E-state index is 12.6. The summed E-state index contributed by atoms with van der Waals surface area (Å²) in [5.41, 5.74) is 6.18. The Morgan fingerprint density at radius 2 is 2.11 bits per heavy atom. The molecule has 3 rings (SSSR count). The molecule has 0 bridgehead atoms. The Balaban J connectivity index is 1.85. The molecule has 9 nitrogen and oxygen atoms in total. The zero-order chi connectivity index (χ0) is 19.4. The number of esters is 1. The molecule has 0 aromatic carbocycles. The van der Waals surface area contributed by atoms with Gasteiger partial charge >= 0.3 is 12.0 Å². The molecule has 0 spiro atoms. The van der Waals surface area contributed by atoms with Gasteiger partial charge in [-0.05, 0) is 45.0 Å². The van der Waals surface area contributed by atoms with Crippen molar-refractivity contribution >= 4 is 17.9 Å². The first-order valence-electron chi connectivity index (χ1n) is 9.02. The maximum atomic E-state index is 12.6. The SMILES string of the molecule is CCOC(=O)C1=C(CN2CCC(C(N)=O)CC2)NC(=O)NC1c1ccco1. The third-order valence-corrected chi connectivity index (χ3v) is 4.85. The highest BCUT2D eigenvalue weighted by Crippen LogP contribution is 2.29. The number of carbonyl (C=O) groups is 3. The number of rotatable bonds is 6. The van der Waals surface area contributed by atoms with Crippen molar-refractivity contribution in [1.29, 1.82) is 0 Å². The summed E-state index contributed by atoms with van der Waals surface area (Å²) in [6, 6.07) is 2.27. The Bertz CT molecular complexity index is 735. The van der Waals surface area contributed by atoms with Gasteiger partial charge in [0.1, 0.15) is 11.8 Å². The molecule has 1 atom stereocenters. The number of nitrogens with zero attached hydrogens (tertiary/aromatic N) is 1. The van der Waals surface area contributed by atoms with Gasteiger partial charge in [0.15, 0.2) is 0 Å². The molecule has 2 aliphatic heterocycles. The van der Waals surface area contributed by atoms with E-state index in [1.165, 1.54) is 6.26 Å². The van der Waals surface area contributed by atoms with Crippen molar-refractivity contribution in [1.82, 2.24) is 15.5 Å². The lowest BCUT2D eigenvalue weighted by Gasteiger charge is -2.34.